The van der Waals surface area contributed by atoms with Gasteiger partial charge in [0.15, 0.2) is 0 Å². The summed E-state index contributed by atoms with van der Waals surface area (Å²) >= 11 is 18.6. The molecule has 4 aromatic carbocycles. The topological polar surface area (TPSA) is 110 Å². The zero-order valence-corrected chi connectivity index (χ0v) is 20.6. The van der Waals surface area contributed by atoms with Crippen LogP contribution in [0.5, 0.6) is 0 Å². The first-order valence-corrected chi connectivity index (χ1v) is 11.6. The summed E-state index contributed by atoms with van der Waals surface area (Å²) < 4.78 is 0. The van der Waals surface area contributed by atoms with Gasteiger partial charge in [0.25, 0.3) is 11.4 Å². The van der Waals surface area contributed by atoms with E-state index in [1.807, 2.05) is 0 Å². The Morgan fingerprint density at radius 1 is 0.667 bits per heavy atom. The van der Waals surface area contributed by atoms with E-state index in [2.05, 4.69) is 10.6 Å². The monoisotopic (exact) mass is 538 g/mol. The Balaban J connectivity index is 1.56. The Morgan fingerprint density at radius 2 is 1.06 bits per heavy atom. The van der Waals surface area contributed by atoms with Gasteiger partial charge in [0, 0.05) is 34.6 Å². The van der Waals surface area contributed by atoms with Gasteiger partial charge in [-0.25, -0.2) is 0 Å². The van der Waals surface area contributed by atoms with E-state index in [0.29, 0.717) is 48.8 Å². The highest BCUT2D eigenvalue weighted by Crippen LogP contribution is 2.33. The minimum atomic E-state index is -0.468. The van der Waals surface area contributed by atoms with E-state index in [0.717, 1.165) is 0 Å². The molecule has 11 heteroatoms. The standard InChI is InChI=1S/C25H16Cl2N4O4S/c26-19-13-15(28-21-5-1-3-7-23(21)30(32)33)9-11-17(19)25(36)18-12-10-16(14-20(18)27)29-22-6-2-4-8-24(22)31(34)35/h1-14,28-29H. The molecule has 4 rings (SSSR count). The smallest absolute Gasteiger partial charge is 0.292 e. The summed E-state index contributed by atoms with van der Waals surface area (Å²) in [4.78, 5) is 22.0. The molecular weight excluding hydrogens is 523 g/mol. The Bertz CT molecular complexity index is 1400. The average molecular weight is 539 g/mol. The largest absolute Gasteiger partial charge is 0.350 e. The lowest BCUT2D eigenvalue weighted by Gasteiger charge is -2.13. The van der Waals surface area contributed by atoms with Crippen LogP contribution < -0.4 is 10.6 Å². The molecule has 36 heavy (non-hydrogen) atoms. The summed E-state index contributed by atoms with van der Waals surface area (Å²) in [7, 11) is 0. The average Bonchev–Trinajstić information content (AvgIpc) is 2.84. The van der Waals surface area contributed by atoms with Crippen LogP contribution in [0, 0.1) is 20.2 Å². The quantitative estimate of drug-likeness (QED) is 0.101. The van der Waals surface area contributed by atoms with Gasteiger partial charge in [-0.1, -0.05) is 59.7 Å². The molecule has 0 atom stereocenters. The number of nitrogens with zero attached hydrogens (tertiary/aromatic N) is 2. The number of halogens is 2. The number of rotatable bonds is 8. The number of para-hydroxylation sites is 4. The number of benzene rings is 4. The third-order valence-electron chi connectivity index (χ3n) is 5.19. The van der Waals surface area contributed by atoms with Crippen LogP contribution >= 0.6 is 35.4 Å². The molecule has 0 bridgehead atoms. The van der Waals surface area contributed by atoms with E-state index in [9.17, 15) is 20.2 Å². The highest BCUT2D eigenvalue weighted by Gasteiger charge is 2.17. The first-order valence-electron chi connectivity index (χ1n) is 10.4. The molecule has 0 saturated heterocycles. The van der Waals surface area contributed by atoms with Crippen molar-refractivity contribution in [2.45, 2.75) is 0 Å². The normalized spacial score (nSPS) is 10.5. The maximum Gasteiger partial charge on any atom is 0.292 e. The highest BCUT2D eigenvalue weighted by molar-refractivity contribution is 7.81. The maximum atomic E-state index is 11.3. The van der Waals surface area contributed by atoms with Crippen LogP contribution in [-0.2, 0) is 0 Å². The fourth-order valence-electron chi connectivity index (χ4n) is 3.49. The molecule has 0 aliphatic carbocycles. The highest BCUT2D eigenvalue weighted by atomic mass is 35.5. The van der Waals surface area contributed by atoms with Crippen molar-refractivity contribution in [1.82, 2.24) is 0 Å². The van der Waals surface area contributed by atoms with E-state index in [1.54, 1.807) is 72.8 Å². The van der Waals surface area contributed by atoms with Gasteiger partial charge < -0.3 is 10.6 Å². The zero-order chi connectivity index (χ0) is 25.8. The van der Waals surface area contributed by atoms with Crippen molar-refractivity contribution in [2.24, 2.45) is 0 Å². The van der Waals surface area contributed by atoms with Gasteiger partial charge in [0.05, 0.1) is 24.8 Å². The number of anilines is 4. The summed E-state index contributed by atoms with van der Waals surface area (Å²) in [5.74, 6) is 0. The summed E-state index contributed by atoms with van der Waals surface area (Å²) in [6, 6.07) is 22.7. The van der Waals surface area contributed by atoms with E-state index < -0.39 is 9.85 Å². The fraction of sp³-hybridized carbons (Fsp3) is 0. The first-order chi connectivity index (χ1) is 17.2. The van der Waals surface area contributed by atoms with Gasteiger partial charge in [-0.2, -0.15) is 0 Å². The molecule has 0 unspecified atom stereocenters. The van der Waals surface area contributed by atoms with Gasteiger partial charge in [0.2, 0.25) is 0 Å². The van der Waals surface area contributed by atoms with Crippen LogP contribution in [0.3, 0.4) is 0 Å². The molecule has 2 N–H and O–H groups in total. The molecule has 0 aromatic heterocycles. The fourth-order valence-corrected chi connectivity index (χ4v) is 4.51. The lowest BCUT2D eigenvalue weighted by Crippen LogP contribution is -2.04. The second-order valence-corrected chi connectivity index (χ2v) is 8.74. The Morgan fingerprint density at radius 3 is 1.42 bits per heavy atom. The van der Waals surface area contributed by atoms with Crippen molar-refractivity contribution in [2.75, 3.05) is 10.6 Å². The third kappa shape index (κ3) is 5.44. The van der Waals surface area contributed by atoms with Crippen LogP contribution in [0.25, 0.3) is 0 Å². The van der Waals surface area contributed by atoms with Gasteiger partial charge in [-0.05, 0) is 48.5 Å². The number of hydrogen-bond acceptors (Lipinski definition) is 7. The minimum Gasteiger partial charge on any atom is -0.350 e. The van der Waals surface area contributed by atoms with Crippen LogP contribution in [0.15, 0.2) is 84.9 Å². The van der Waals surface area contributed by atoms with Gasteiger partial charge in [-0.15, -0.1) is 0 Å². The first kappa shape index (κ1) is 25.1. The van der Waals surface area contributed by atoms with Crippen LogP contribution in [0.2, 0.25) is 10.0 Å². The molecule has 0 spiro atoms. The molecule has 0 fully saturated rings. The SMILES string of the molecule is O=[N+]([O-])c1ccccc1Nc1ccc(C(=S)c2ccc(Nc3ccccc3[N+](=O)[O-])cc2Cl)c(Cl)c1. The summed E-state index contributed by atoms with van der Waals surface area (Å²) in [5.41, 5.74) is 2.76. The summed E-state index contributed by atoms with van der Waals surface area (Å²) in [6.07, 6.45) is 0. The minimum absolute atomic E-state index is 0.0606. The second kappa shape index (κ2) is 10.7. The molecule has 0 radical (unpaired) electrons. The number of nitro groups is 2. The van der Waals surface area contributed by atoms with Crippen molar-refractivity contribution in [3.63, 3.8) is 0 Å². The number of thiocarbonyl (C=S) groups is 1. The van der Waals surface area contributed by atoms with Crippen molar-refractivity contribution < 1.29 is 9.85 Å². The van der Waals surface area contributed by atoms with Gasteiger partial charge >= 0.3 is 0 Å². The molecule has 0 saturated carbocycles. The Kier molecular flexibility index (Phi) is 7.44. The van der Waals surface area contributed by atoms with Crippen LogP contribution in [0.4, 0.5) is 34.1 Å². The van der Waals surface area contributed by atoms with Crippen LogP contribution in [0.1, 0.15) is 11.1 Å². The summed E-state index contributed by atoms with van der Waals surface area (Å²) in [6.45, 7) is 0. The van der Waals surface area contributed by atoms with Crippen molar-refractivity contribution in [3.8, 4) is 0 Å². The lowest BCUT2D eigenvalue weighted by molar-refractivity contribution is -0.384. The molecule has 0 heterocycles. The molecule has 4 aromatic rings. The van der Waals surface area contributed by atoms with E-state index >= 15 is 0 Å². The number of nitrogens with one attached hydrogen (secondary N) is 2. The van der Waals surface area contributed by atoms with Crippen LogP contribution in [-0.4, -0.2) is 14.7 Å². The maximum absolute atomic E-state index is 11.3. The molecule has 8 nitrogen and oxygen atoms in total. The lowest BCUT2D eigenvalue weighted by atomic mass is 10.0. The molecule has 180 valence electrons. The Labute approximate surface area is 220 Å². The predicted molar refractivity (Wildman–Crippen MR) is 146 cm³/mol. The van der Waals surface area contributed by atoms with E-state index in [1.165, 1.54) is 12.1 Å². The van der Waals surface area contributed by atoms with Crippen molar-refractivity contribution in [3.05, 3.63) is 126 Å². The Hall–Kier alpha value is -4.05. The van der Waals surface area contributed by atoms with Crippen molar-refractivity contribution in [1.29, 1.82) is 0 Å². The molecule has 0 aliphatic heterocycles. The molecule has 0 amide bonds. The number of nitro benzene ring substituents is 2. The van der Waals surface area contributed by atoms with Gasteiger partial charge in [-0.3, -0.25) is 20.2 Å². The predicted octanol–water partition coefficient (Wildman–Crippen LogP) is 8.06. The van der Waals surface area contributed by atoms with Gasteiger partial charge in [0.1, 0.15) is 11.4 Å². The van der Waals surface area contributed by atoms with Crippen molar-refractivity contribution >= 4 is 74.4 Å². The second-order valence-electron chi connectivity index (χ2n) is 7.52. The zero-order valence-electron chi connectivity index (χ0n) is 18.3. The van der Waals surface area contributed by atoms with E-state index in [4.69, 9.17) is 35.4 Å². The molecule has 0 aliphatic rings. The summed E-state index contributed by atoms with van der Waals surface area (Å²) in [5, 5.41) is 29.2. The van der Waals surface area contributed by atoms with E-state index in [-0.39, 0.29) is 11.4 Å². The molecular formula is C25H16Cl2N4O4S. The third-order valence-corrected chi connectivity index (χ3v) is 6.25. The number of hydrogen-bond donors (Lipinski definition) is 2.